The zero-order chi connectivity index (χ0) is 12.8. The van der Waals surface area contributed by atoms with Gasteiger partial charge in [-0.05, 0) is 17.2 Å². The predicted octanol–water partition coefficient (Wildman–Crippen LogP) is 2.19. The second-order valence-corrected chi connectivity index (χ2v) is 3.89. The topological polar surface area (TPSA) is 54.4 Å². The third-order valence-electron chi connectivity index (χ3n) is 2.61. The average molecular weight is 244 g/mol. The molecule has 0 amide bonds. The van der Waals surface area contributed by atoms with E-state index in [1.165, 1.54) is 0 Å². The van der Waals surface area contributed by atoms with E-state index in [9.17, 15) is 0 Å². The number of rotatable bonds is 5. The van der Waals surface area contributed by atoms with Crippen LogP contribution in [0.25, 0.3) is 0 Å². The van der Waals surface area contributed by atoms with E-state index in [2.05, 4.69) is 10.3 Å². The molecule has 0 atom stereocenters. The van der Waals surface area contributed by atoms with Gasteiger partial charge in [0.1, 0.15) is 5.82 Å². The molecule has 0 saturated carbocycles. The van der Waals surface area contributed by atoms with E-state index < -0.39 is 0 Å². The lowest BCUT2D eigenvalue weighted by Crippen LogP contribution is -2.02. The average Bonchev–Trinajstić information content (AvgIpc) is 2.46. The van der Waals surface area contributed by atoms with Crippen LogP contribution in [0.3, 0.4) is 0 Å². The fraction of sp³-hybridized carbons (Fsp3) is 0.214. The Kier molecular flexibility index (Phi) is 4.15. The Labute approximate surface area is 106 Å². The first-order valence-corrected chi connectivity index (χ1v) is 5.75. The molecule has 0 fully saturated rings. The fourth-order valence-corrected chi connectivity index (χ4v) is 1.58. The molecule has 0 aliphatic rings. The molecule has 0 bridgehead atoms. The molecular weight excluding hydrogens is 228 g/mol. The number of aromatic nitrogens is 1. The highest BCUT2D eigenvalue weighted by molar-refractivity contribution is 5.38. The summed E-state index contributed by atoms with van der Waals surface area (Å²) in [6.45, 7) is 0.761. The molecule has 94 valence electrons. The number of aliphatic hydroxyl groups excluding tert-OH is 1. The van der Waals surface area contributed by atoms with Gasteiger partial charge in [0.15, 0.2) is 0 Å². The van der Waals surface area contributed by atoms with Crippen LogP contribution in [-0.2, 0) is 13.2 Å². The van der Waals surface area contributed by atoms with Crippen molar-refractivity contribution in [1.82, 2.24) is 4.98 Å². The second-order valence-electron chi connectivity index (χ2n) is 3.89. The summed E-state index contributed by atoms with van der Waals surface area (Å²) in [7, 11) is 1.60. The molecule has 1 aromatic heterocycles. The summed E-state index contributed by atoms with van der Waals surface area (Å²) in [6.07, 6.45) is 0. The summed E-state index contributed by atoms with van der Waals surface area (Å²) in [5.41, 5.74) is 2.05. The number of nitrogens with one attached hydrogen (secondary N) is 1. The lowest BCUT2D eigenvalue weighted by molar-refractivity contribution is 0.282. The minimum Gasteiger partial charge on any atom is -0.481 e. The summed E-state index contributed by atoms with van der Waals surface area (Å²) in [4.78, 5) is 4.27. The molecule has 2 aromatic rings. The second kappa shape index (κ2) is 6.02. The van der Waals surface area contributed by atoms with Gasteiger partial charge in [-0.3, -0.25) is 0 Å². The predicted molar refractivity (Wildman–Crippen MR) is 70.5 cm³/mol. The first-order valence-electron chi connectivity index (χ1n) is 5.75. The van der Waals surface area contributed by atoms with Gasteiger partial charge >= 0.3 is 0 Å². The van der Waals surface area contributed by atoms with Crippen LogP contribution in [0.2, 0.25) is 0 Å². The van der Waals surface area contributed by atoms with Crippen molar-refractivity contribution in [2.75, 3.05) is 12.4 Å². The van der Waals surface area contributed by atoms with Crippen LogP contribution < -0.4 is 10.1 Å². The van der Waals surface area contributed by atoms with E-state index in [0.717, 1.165) is 16.9 Å². The van der Waals surface area contributed by atoms with Crippen molar-refractivity contribution in [3.8, 4) is 5.88 Å². The van der Waals surface area contributed by atoms with Crippen LogP contribution in [0.15, 0.2) is 42.5 Å². The first kappa shape index (κ1) is 12.4. The SMILES string of the molecule is COc1cccc(NCc2ccc(CO)cc2)n1. The largest absolute Gasteiger partial charge is 0.481 e. The molecule has 4 heteroatoms. The van der Waals surface area contributed by atoms with Crippen LogP contribution in [0.1, 0.15) is 11.1 Å². The van der Waals surface area contributed by atoms with Gasteiger partial charge in [-0.2, -0.15) is 4.98 Å². The molecule has 4 nitrogen and oxygen atoms in total. The van der Waals surface area contributed by atoms with E-state index in [1.807, 2.05) is 36.4 Å². The number of benzene rings is 1. The van der Waals surface area contributed by atoms with Crippen molar-refractivity contribution < 1.29 is 9.84 Å². The quantitative estimate of drug-likeness (QED) is 0.846. The molecule has 1 heterocycles. The molecule has 0 spiro atoms. The zero-order valence-corrected chi connectivity index (χ0v) is 10.3. The van der Waals surface area contributed by atoms with Crippen LogP contribution in [0, 0.1) is 0 Å². The summed E-state index contributed by atoms with van der Waals surface area (Å²) >= 11 is 0. The fourth-order valence-electron chi connectivity index (χ4n) is 1.58. The maximum absolute atomic E-state index is 8.95. The Morgan fingerprint density at radius 1 is 1.11 bits per heavy atom. The maximum Gasteiger partial charge on any atom is 0.214 e. The number of hydrogen-bond acceptors (Lipinski definition) is 4. The third kappa shape index (κ3) is 3.21. The van der Waals surface area contributed by atoms with Crippen LogP contribution in [0.4, 0.5) is 5.82 Å². The molecule has 2 N–H and O–H groups in total. The zero-order valence-electron chi connectivity index (χ0n) is 10.3. The van der Waals surface area contributed by atoms with Crippen molar-refractivity contribution in [3.05, 3.63) is 53.6 Å². The smallest absolute Gasteiger partial charge is 0.214 e. The van der Waals surface area contributed by atoms with Gasteiger partial charge in [0.05, 0.1) is 13.7 Å². The van der Waals surface area contributed by atoms with Crippen molar-refractivity contribution in [2.24, 2.45) is 0 Å². The highest BCUT2D eigenvalue weighted by atomic mass is 16.5. The molecule has 0 saturated heterocycles. The molecule has 2 rings (SSSR count). The molecule has 0 unspecified atom stereocenters. The molecule has 18 heavy (non-hydrogen) atoms. The maximum atomic E-state index is 8.95. The summed E-state index contributed by atoms with van der Waals surface area (Å²) in [5, 5.41) is 12.2. The number of methoxy groups -OCH3 is 1. The molecule has 0 radical (unpaired) electrons. The number of ether oxygens (including phenoxy) is 1. The van der Waals surface area contributed by atoms with Gasteiger partial charge in [0.25, 0.3) is 0 Å². The highest BCUT2D eigenvalue weighted by Crippen LogP contribution is 2.12. The van der Waals surface area contributed by atoms with Crippen LogP contribution in [-0.4, -0.2) is 17.2 Å². The lowest BCUT2D eigenvalue weighted by atomic mass is 10.1. The Bertz CT molecular complexity index is 497. The third-order valence-corrected chi connectivity index (χ3v) is 2.61. The van der Waals surface area contributed by atoms with E-state index in [1.54, 1.807) is 13.2 Å². The molecule has 0 aliphatic heterocycles. The van der Waals surface area contributed by atoms with Crippen molar-refractivity contribution in [1.29, 1.82) is 0 Å². The summed E-state index contributed by atoms with van der Waals surface area (Å²) in [5.74, 6) is 1.37. The summed E-state index contributed by atoms with van der Waals surface area (Å²) in [6, 6.07) is 13.4. The van der Waals surface area contributed by atoms with Crippen molar-refractivity contribution >= 4 is 5.82 Å². The van der Waals surface area contributed by atoms with Gasteiger partial charge < -0.3 is 15.2 Å². The Hall–Kier alpha value is -2.07. The van der Waals surface area contributed by atoms with Gasteiger partial charge in [-0.25, -0.2) is 0 Å². The van der Waals surface area contributed by atoms with E-state index in [4.69, 9.17) is 9.84 Å². The highest BCUT2D eigenvalue weighted by Gasteiger charge is 1.98. The minimum absolute atomic E-state index is 0.0746. The molecule has 0 aliphatic carbocycles. The number of nitrogens with zero attached hydrogens (tertiary/aromatic N) is 1. The number of pyridine rings is 1. The first-order chi connectivity index (χ1) is 8.81. The Balaban J connectivity index is 1.97. The van der Waals surface area contributed by atoms with E-state index in [0.29, 0.717) is 12.4 Å². The minimum atomic E-state index is 0.0746. The lowest BCUT2D eigenvalue weighted by Gasteiger charge is -2.07. The van der Waals surface area contributed by atoms with E-state index >= 15 is 0 Å². The van der Waals surface area contributed by atoms with Gasteiger partial charge in [-0.15, -0.1) is 0 Å². The Morgan fingerprint density at radius 2 is 1.83 bits per heavy atom. The number of hydrogen-bond donors (Lipinski definition) is 2. The monoisotopic (exact) mass is 244 g/mol. The normalized spacial score (nSPS) is 10.1. The van der Waals surface area contributed by atoms with Crippen molar-refractivity contribution in [3.63, 3.8) is 0 Å². The number of aliphatic hydroxyl groups is 1. The van der Waals surface area contributed by atoms with Crippen molar-refractivity contribution in [2.45, 2.75) is 13.2 Å². The van der Waals surface area contributed by atoms with Gasteiger partial charge in [0, 0.05) is 12.6 Å². The number of anilines is 1. The summed E-state index contributed by atoms with van der Waals surface area (Å²) < 4.78 is 5.06. The van der Waals surface area contributed by atoms with E-state index in [-0.39, 0.29) is 6.61 Å². The Morgan fingerprint density at radius 3 is 2.50 bits per heavy atom. The van der Waals surface area contributed by atoms with Gasteiger partial charge in [0.2, 0.25) is 5.88 Å². The van der Waals surface area contributed by atoms with Crippen LogP contribution in [0.5, 0.6) is 5.88 Å². The van der Waals surface area contributed by atoms with Gasteiger partial charge in [-0.1, -0.05) is 30.3 Å². The molecular formula is C14H16N2O2. The molecule has 1 aromatic carbocycles. The van der Waals surface area contributed by atoms with Crippen LogP contribution >= 0.6 is 0 Å². The standard InChI is InChI=1S/C14H16N2O2/c1-18-14-4-2-3-13(16-14)15-9-11-5-7-12(10-17)8-6-11/h2-8,17H,9-10H2,1H3,(H,15,16).